The van der Waals surface area contributed by atoms with E-state index in [0.717, 1.165) is 0 Å². The number of nitrogens with zero attached hydrogens (tertiary/aromatic N) is 7. The van der Waals surface area contributed by atoms with Crippen LogP contribution in [-0.4, -0.2) is 63.8 Å². The van der Waals surface area contributed by atoms with E-state index < -0.39 is 23.3 Å². The van der Waals surface area contributed by atoms with Crippen molar-refractivity contribution in [1.82, 2.24) is 14.8 Å². The van der Waals surface area contributed by atoms with Crippen LogP contribution in [0.15, 0.2) is 39.9 Å². The third-order valence-corrected chi connectivity index (χ3v) is 9.59. The molecule has 0 saturated carbocycles. The van der Waals surface area contributed by atoms with Gasteiger partial charge in [-0.25, -0.2) is 12.7 Å². The lowest BCUT2D eigenvalue weighted by Crippen LogP contribution is -2.43. The molecule has 0 amide bonds. The normalized spacial score (nSPS) is 12.6. The van der Waals surface area contributed by atoms with Gasteiger partial charge < -0.3 is 13.9 Å². The van der Waals surface area contributed by atoms with Gasteiger partial charge in [0.15, 0.2) is 5.76 Å². The predicted molar refractivity (Wildman–Crippen MR) is 145 cm³/mol. The van der Waals surface area contributed by atoms with Crippen molar-refractivity contribution in [3.05, 3.63) is 46.5 Å². The smallest absolute Gasteiger partial charge is 0.246 e. The molecule has 0 spiro atoms. The van der Waals surface area contributed by atoms with Gasteiger partial charge in [0.05, 0.1) is 19.5 Å². The molecule has 3 rings (SSSR count). The molecule has 3 aromatic rings. The third kappa shape index (κ3) is 6.09. The molecule has 1 aromatic carbocycles. The summed E-state index contributed by atoms with van der Waals surface area (Å²) in [6.45, 7) is 9.73. The molecule has 0 saturated heterocycles. The SMILES string of the molecule is COc1cccc(OC)c1-n1c(-c2ccc(C)o2)nnc1N(CC[Si](C)(C)C)S(=O)(=O)[C@@H](C)CN=[N+]=[N-]. The Morgan fingerprint density at radius 1 is 1.16 bits per heavy atom. The minimum Gasteiger partial charge on any atom is -0.494 e. The first-order chi connectivity index (χ1) is 17.4. The van der Waals surface area contributed by atoms with Crippen molar-refractivity contribution in [3.63, 3.8) is 0 Å². The van der Waals surface area contributed by atoms with Crippen molar-refractivity contribution in [2.75, 3.05) is 31.6 Å². The van der Waals surface area contributed by atoms with Gasteiger partial charge in [-0.3, -0.25) is 4.57 Å². The highest BCUT2D eigenvalue weighted by Gasteiger charge is 2.36. The first-order valence-corrected chi connectivity index (χ1v) is 16.9. The number of benzene rings is 1. The topological polar surface area (TPSA) is 148 Å². The number of azide groups is 1. The largest absolute Gasteiger partial charge is 0.494 e. The lowest BCUT2D eigenvalue weighted by atomic mass is 10.2. The van der Waals surface area contributed by atoms with Crippen molar-refractivity contribution in [3.8, 4) is 28.8 Å². The van der Waals surface area contributed by atoms with E-state index >= 15 is 0 Å². The quantitative estimate of drug-likeness (QED) is 0.134. The Morgan fingerprint density at radius 2 is 1.81 bits per heavy atom. The highest BCUT2D eigenvalue weighted by molar-refractivity contribution is 7.93. The summed E-state index contributed by atoms with van der Waals surface area (Å²) in [5.74, 6) is 2.24. The van der Waals surface area contributed by atoms with E-state index in [2.05, 4.69) is 39.9 Å². The number of furan rings is 1. The van der Waals surface area contributed by atoms with Gasteiger partial charge in [-0.05, 0) is 49.7 Å². The molecule has 200 valence electrons. The molecule has 0 aliphatic heterocycles. The molecule has 0 N–H and O–H groups in total. The van der Waals surface area contributed by atoms with Crippen LogP contribution in [0.5, 0.6) is 11.5 Å². The zero-order valence-corrected chi connectivity index (χ0v) is 24.0. The molecule has 2 aromatic heterocycles. The number of aromatic nitrogens is 3. The fourth-order valence-electron chi connectivity index (χ4n) is 3.65. The Morgan fingerprint density at radius 3 is 2.32 bits per heavy atom. The Kier molecular flexibility index (Phi) is 8.56. The van der Waals surface area contributed by atoms with Crippen molar-refractivity contribution in [2.24, 2.45) is 5.11 Å². The summed E-state index contributed by atoms with van der Waals surface area (Å²) < 4.78 is 47.7. The van der Waals surface area contributed by atoms with Crippen molar-refractivity contribution >= 4 is 24.0 Å². The van der Waals surface area contributed by atoms with Crippen LogP contribution in [0.25, 0.3) is 27.7 Å². The summed E-state index contributed by atoms with van der Waals surface area (Å²) in [4.78, 5) is 2.73. The maximum atomic E-state index is 13.9. The average Bonchev–Trinajstić information content (AvgIpc) is 3.47. The second-order valence-electron chi connectivity index (χ2n) is 9.73. The zero-order valence-electron chi connectivity index (χ0n) is 22.2. The fourth-order valence-corrected chi connectivity index (χ4v) is 6.09. The average molecular weight is 548 g/mol. The van der Waals surface area contributed by atoms with Gasteiger partial charge in [0.25, 0.3) is 0 Å². The van der Waals surface area contributed by atoms with Gasteiger partial charge in [-0.2, -0.15) is 0 Å². The molecular formula is C23H33N7O5SSi. The number of hydrogen-bond acceptors (Lipinski definition) is 8. The highest BCUT2D eigenvalue weighted by atomic mass is 32.2. The number of aryl methyl sites for hydroxylation is 1. The Labute approximate surface area is 217 Å². The molecular weight excluding hydrogens is 514 g/mol. The second kappa shape index (κ2) is 11.3. The Bertz CT molecular complexity index is 1370. The first kappa shape index (κ1) is 28.1. The van der Waals surface area contributed by atoms with E-state index in [1.807, 2.05) is 0 Å². The summed E-state index contributed by atoms with van der Waals surface area (Å²) in [5.41, 5.74) is 9.20. The molecule has 0 radical (unpaired) electrons. The maximum Gasteiger partial charge on any atom is 0.246 e. The van der Waals surface area contributed by atoms with Crippen LogP contribution in [0, 0.1) is 6.92 Å². The lowest BCUT2D eigenvalue weighted by Gasteiger charge is -2.29. The molecule has 0 aliphatic rings. The van der Waals surface area contributed by atoms with Gasteiger partial charge in [0, 0.05) is 26.1 Å². The van der Waals surface area contributed by atoms with Crippen LogP contribution in [0.3, 0.4) is 0 Å². The highest BCUT2D eigenvalue weighted by Crippen LogP contribution is 2.39. The van der Waals surface area contributed by atoms with E-state index in [4.69, 9.17) is 19.4 Å². The van der Waals surface area contributed by atoms with Crippen LogP contribution in [0.2, 0.25) is 25.7 Å². The molecule has 2 heterocycles. The summed E-state index contributed by atoms with van der Waals surface area (Å²) in [5, 5.41) is 11.2. The number of methoxy groups -OCH3 is 2. The molecule has 0 aliphatic carbocycles. The van der Waals surface area contributed by atoms with Gasteiger partial charge in [-0.15, -0.1) is 10.2 Å². The van der Waals surface area contributed by atoms with Crippen LogP contribution in [0.1, 0.15) is 12.7 Å². The number of para-hydroxylation sites is 1. The fraction of sp³-hybridized carbons (Fsp3) is 0.478. The van der Waals surface area contributed by atoms with Crippen LogP contribution in [0.4, 0.5) is 5.95 Å². The van der Waals surface area contributed by atoms with E-state index in [9.17, 15) is 8.42 Å². The molecule has 0 bridgehead atoms. The number of hydrogen-bond donors (Lipinski definition) is 0. The molecule has 37 heavy (non-hydrogen) atoms. The van der Waals surface area contributed by atoms with E-state index in [1.165, 1.54) is 25.4 Å². The van der Waals surface area contributed by atoms with Crippen LogP contribution >= 0.6 is 0 Å². The van der Waals surface area contributed by atoms with Gasteiger partial charge in [0.1, 0.15) is 22.9 Å². The summed E-state index contributed by atoms with van der Waals surface area (Å²) in [6, 6.07) is 9.44. The second-order valence-corrected chi connectivity index (χ2v) is 17.6. The molecule has 0 fully saturated rings. The Balaban J connectivity index is 2.36. The summed E-state index contributed by atoms with van der Waals surface area (Å²) in [7, 11) is -2.69. The number of anilines is 1. The van der Waals surface area contributed by atoms with Crippen molar-refractivity contribution in [2.45, 2.75) is 44.8 Å². The Hall–Kier alpha value is -3.48. The first-order valence-electron chi connectivity index (χ1n) is 11.7. The lowest BCUT2D eigenvalue weighted by molar-refractivity contribution is 0.391. The van der Waals surface area contributed by atoms with Gasteiger partial charge in [0.2, 0.25) is 21.8 Å². The van der Waals surface area contributed by atoms with E-state index in [1.54, 1.807) is 41.8 Å². The predicted octanol–water partition coefficient (Wildman–Crippen LogP) is 5.03. The van der Waals surface area contributed by atoms with Crippen molar-refractivity contribution < 1.29 is 22.3 Å². The van der Waals surface area contributed by atoms with Crippen LogP contribution in [-0.2, 0) is 10.0 Å². The van der Waals surface area contributed by atoms with E-state index in [0.29, 0.717) is 34.8 Å². The molecule has 12 nitrogen and oxygen atoms in total. The van der Waals surface area contributed by atoms with Gasteiger partial charge >= 0.3 is 0 Å². The monoisotopic (exact) mass is 547 g/mol. The molecule has 14 heteroatoms. The molecule has 0 unspecified atom stereocenters. The van der Waals surface area contributed by atoms with E-state index in [-0.39, 0.29) is 24.9 Å². The summed E-state index contributed by atoms with van der Waals surface area (Å²) in [6.07, 6.45) is 0. The number of sulfonamides is 1. The number of ether oxygens (including phenoxy) is 2. The molecule has 1 atom stereocenters. The van der Waals surface area contributed by atoms with Gasteiger partial charge in [-0.1, -0.05) is 30.8 Å². The number of rotatable bonds is 12. The standard InChI is InChI=1S/C23H33N7O5SSi/c1-16-11-12-20(35-16)22-26-27-23(30(22)21-18(33-3)9-8-10-19(21)34-4)29(13-14-37(5,6)7)36(31,32)17(2)15-25-28-24/h8-12,17H,13-15H2,1-7H3/t17-/m0/s1. The summed E-state index contributed by atoms with van der Waals surface area (Å²) >= 11 is 0. The minimum atomic E-state index is -4.03. The van der Waals surface area contributed by atoms with Crippen molar-refractivity contribution in [1.29, 1.82) is 0 Å². The minimum absolute atomic E-state index is 0.0536. The van der Waals surface area contributed by atoms with Crippen LogP contribution < -0.4 is 13.8 Å². The maximum absolute atomic E-state index is 13.9. The third-order valence-electron chi connectivity index (χ3n) is 5.74. The zero-order chi connectivity index (χ0) is 27.4.